The van der Waals surface area contributed by atoms with E-state index in [1.165, 1.54) is 19.3 Å². The van der Waals surface area contributed by atoms with Gasteiger partial charge in [-0.2, -0.15) is 0 Å². The summed E-state index contributed by atoms with van der Waals surface area (Å²) in [5.41, 5.74) is 8.07. The lowest BCUT2D eigenvalue weighted by Crippen LogP contribution is -2.42. The number of amides is 1. The molecule has 1 fully saturated rings. The number of hydrogen-bond donors (Lipinski definition) is 3. The molecule has 1 heterocycles. The monoisotopic (exact) mass is 285 g/mol. The molecular weight excluding hydrogens is 262 g/mol. The average Bonchev–Trinajstić information content (AvgIpc) is 2.91. The lowest BCUT2D eigenvalue weighted by atomic mass is 9.83. The molecule has 112 valence electrons. The van der Waals surface area contributed by atoms with Crippen molar-refractivity contribution in [3.8, 4) is 0 Å². The third-order valence-corrected chi connectivity index (χ3v) is 4.64. The Morgan fingerprint density at radius 2 is 2.14 bits per heavy atom. The normalized spacial score (nSPS) is 22.3. The van der Waals surface area contributed by atoms with Gasteiger partial charge in [0.2, 0.25) is 0 Å². The molecule has 2 unspecified atom stereocenters. The van der Waals surface area contributed by atoms with Crippen LogP contribution in [-0.4, -0.2) is 16.9 Å². The third-order valence-electron chi connectivity index (χ3n) is 4.64. The molecule has 1 aliphatic rings. The molecule has 2 aromatic rings. The lowest BCUT2D eigenvalue weighted by molar-refractivity contribution is 0.0900. The van der Waals surface area contributed by atoms with Gasteiger partial charge in [0.15, 0.2) is 0 Å². The summed E-state index contributed by atoms with van der Waals surface area (Å²) < 4.78 is 0. The maximum absolute atomic E-state index is 12.5. The van der Waals surface area contributed by atoms with Crippen LogP contribution >= 0.6 is 0 Å². The predicted molar refractivity (Wildman–Crippen MR) is 86.2 cm³/mol. The first-order valence-electron chi connectivity index (χ1n) is 7.86. The van der Waals surface area contributed by atoms with Crippen molar-refractivity contribution < 1.29 is 4.79 Å². The highest BCUT2D eigenvalue weighted by atomic mass is 16.1. The predicted octanol–water partition coefficient (Wildman–Crippen LogP) is 3.45. The molecule has 2 atom stereocenters. The Labute approximate surface area is 125 Å². The zero-order valence-electron chi connectivity index (χ0n) is 12.5. The highest BCUT2D eigenvalue weighted by Crippen LogP contribution is 2.27. The Morgan fingerprint density at radius 1 is 1.33 bits per heavy atom. The van der Waals surface area contributed by atoms with Gasteiger partial charge < -0.3 is 16.0 Å². The molecular formula is C17H23N3O. The number of nitrogens with one attached hydrogen (secondary N) is 2. The number of aromatic amines is 1. The molecule has 0 radical (unpaired) electrons. The Bertz CT molecular complexity index is 647. The molecule has 0 saturated heterocycles. The van der Waals surface area contributed by atoms with Gasteiger partial charge >= 0.3 is 0 Å². The van der Waals surface area contributed by atoms with Gasteiger partial charge in [0.05, 0.1) is 0 Å². The number of aromatic nitrogens is 1. The van der Waals surface area contributed by atoms with Crippen LogP contribution in [0.4, 0.5) is 5.69 Å². The fraction of sp³-hybridized carbons (Fsp3) is 0.471. The van der Waals surface area contributed by atoms with E-state index < -0.39 is 0 Å². The van der Waals surface area contributed by atoms with Crippen molar-refractivity contribution in [1.29, 1.82) is 0 Å². The summed E-state index contributed by atoms with van der Waals surface area (Å²) >= 11 is 0. The van der Waals surface area contributed by atoms with Crippen molar-refractivity contribution in [1.82, 2.24) is 10.3 Å². The van der Waals surface area contributed by atoms with E-state index in [0.717, 1.165) is 23.7 Å². The van der Waals surface area contributed by atoms with Crippen LogP contribution in [0.5, 0.6) is 0 Å². The van der Waals surface area contributed by atoms with E-state index in [0.29, 0.717) is 23.3 Å². The zero-order valence-corrected chi connectivity index (χ0v) is 12.5. The first kappa shape index (κ1) is 14.0. The minimum atomic E-state index is -0.00452. The van der Waals surface area contributed by atoms with Gasteiger partial charge in [-0.1, -0.05) is 26.2 Å². The quantitative estimate of drug-likeness (QED) is 0.756. The Kier molecular flexibility index (Phi) is 3.86. The number of H-pyrrole nitrogens is 1. The minimum absolute atomic E-state index is 0.00452. The third kappa shape index (κ3) is 2.89. The van der Waals surface area contributed by atoms with Crippen LogP contribution in [0, 0.1) is 5.92 Å². The molecule has 3 rings (SSSR count). The summed E-state index contributed by atoms with van der Waals surface area (Å²) in [6.07, 6.45) is 5.96. The standard InChI is InChI=1S/C17H23N3O/c1-2-11-5-3-4-6-14(11)20-17(21)16-10-12-9-13(18)7-8-15(12)19-16/h7-11,14,19H,2-6,18H2,1H3,(H,20,21). The molecule has 1 saturated carbocycles. The first-order chi connectivity index (χ1) is 10.2. The second-order valence-electron chi connectivity index (χ2n) is 6.06. The van der Waals surface area contributed by atoms with E-state index in [9.17, 15) is 4.79 Å². The highest BCUT2D eigenvalue weighted by molar-refractivity contribution is 5.98. The van der Waals surface area contributed by atoms with Crippen molar-refractivity contribution in [3.05, 3.63) is 30.0 Å². The summed E-state index contributed by atoms with van der Waals surface area (Å²) in [5.74, 6) is 0.609. The number of anilines is 1. The zero-order chi connectivity index (χ0) is 14.8. The molecule has 0 spiro atoms. The topological polar surface area (TPSA) is 70.9 Å². The number of carbonyl (C=O) groups excluding carboxylic acids is 1. The van der Waals surface area contributed by atoms with E-state index >= 15 is 0 Å². The van der Waals surface area contributed by atoms with Crippen LogP contribution in [0.1, 0.15) is 49.5 Å². The van der Waals surface area contributed by atoms with Gasteiger partial charge in [-0.3, -0.25) is 4.79 Å². The van der Waals surface area contributed by atoms with E-state index in [1.54, 1.807) is 0 Å². The molecule has 4 nitrogen and oxygen atoms in total. The summed E-state index contributed by atoms with van der Waals surface area (Å²) in [4.78, 5) is 15.6. The maximum atomic E-state index is 12.5. The highest BCUT2D eigenvalue weighted by Gasteiger charge is 2.25. The van der Waals surface area contributed by atoms with Gasteiger partial charge in [0.1, 0.15) is 5.69 Å². The van der Waals surface area contributed by atoms with Crippen LogP contribution in [0.2, 0.25) is 0 Å². The molecule has 0 aliphatic heterocycles. The number of rotatable bonds is 3. The smallest absolute Gasteiger partial charge is 0.267 e. The minimum Gasteiger partial charge on any atom is -0.399 e. The molecule has 1 aromatic carbocycles. The first-order valence-corrected chi connectivity index (χ1v) is 7.86. The van der Waals surface area contributed by atoms with Crippen molar-refractivity contribution in [2.75, 3.05) is 5.73 Å². The van der Waals surface area contributed by atoms with Gasteiger partial charge in [-0.25, -0.2) is 0 Å². The fourth-order valence-corrected chi connectivity index (χ4v) is 3.41. The van der Waals surface area contributed by atoms with Crippen LogP contribution in [0.15, 0.2) is 24.3 Å². The number of hydrogen-bond acceptors (Lipinski definition) is 2. The SMILES string of the molecule is CCC1CCCCC1NC(=O)c1cc2cc(N)ccc2[nH]1. The van der Waals surface area contributed by atoms with Gasteiger partial charge in [-0.05, 0) is 43.0 Å². The Balaban J connectivity index is 1.77. The Morgan fingerprint density at radius 3 is 2.95 bits per heavy atom. The Hall–Kier alpha value is -1.97. The summed E-state index contributed by atoms with van der Waals surface area (Å²) in [5, 5.41) is 4.19. The molecule has 4 heteroatoms. The number of nitrogens with two attached hydrogens (primary N) is 1. The van der Waals surface area contributed by atoms with Crippen LogP contribution < -0.4 is 11.1 Å². The molecule has 21 heavy (non-hydrogen) atoms. The fourth-order valence-electron chi connectivity index (χ4n) is 3.41. The second-order valence-corrected chi connectivity index (χ2v) is 6.06. The van der Waals surface area contributed by atoms with E-state index in [1.807, 2.05) is 24.3 Å². The summed E-state index contributed by atoms with van der Waals surface area (Å²) in [6, 6.07) is 7.84. The molecule has 1 aliphatic carbocycles. The van der Waals surface area contributed by atoms with Crippen molar-refractivity contribution in [2.45, 2.75) is 45.1 Å². The number of benzene rings is 1. The number of carbonyl (C=O) groups is 1. The van der Waals surface area contributed by atoms with Crippen molar-refractivity contribution in [2.24, 2.45) is 5.92 Å². The van der Waals surface area contributed by atoms with E-state index in [2.05, 4.69) is 17.2 Å². The van der Waals surface area contributed by atoms with E-state index in [-0.39, 0.29) is 5.91 Å². The largest absolute Gasteiger partial charge is 0.399 e. The average molecular weight is 285 g/mol. The molecule has 1 aromatic heterocycles. The van der Waals surface area contributed by atoms with Crippen LogP contribution in [0.25, 0.3) is 10.9 Å². The number of nitrogen functional groups attached to an aromatic ring is 1. The second kappa shape index (κ2) is 5.80. The molecule has 1 amide bonds. The van der Waals surface area contributed by atoms with Gasteiger partial charge in [0, 0.05) is 22.6 Å². The maximum Gasteiger partial charge on any atom is 0.267 e. The van der Waals surface area contributed by atoms with Crippen LogP contribution in [-0.2, 0) is 0 Å². The summed E-state index contributed by atoms with van der Waals surface area (Å²) in [6.45, 7) is 2.21. The summed E-state index contributed by atoms with van der Waals surface area (Å²) in [7, 11) is 0. The molecule has 0 bridgehead atoms. The number of fused-ring (bicyclic) bond motifs is 1. The van der Waals surface area contributed by atoms with Crippen molar-refractivity contribution >= 4 is 22.5 Å². The van der Waals surface area contributed by atoms with Gasteiger partial charge in [0.25, 0.3) is 5.91 Å². The van der Waals surface area contributed by atoms with Gasteiger partial charge in [-0.15, -0.1) is 0 Å². The molecule has 4 N–H and O–H groups in total. The van der Waals surface area contributed by atoms with Crippen molar-refractivity contribution in [3.63, 3.8) is 0 Å². The van der Waals surface area contributed by atoms with Crippen LogP contribution in [0.3, 0.4) is 0 Å². The van der Waals surface area contributed by atoms with E-state index in [4.69, 9.17) is 5.73 Å². The lowest BCUT2D eigenvalue weighted by Gasteiger charge is -2.31.